The maximum Gasteiger partial charge on any atom is 0.306 e. The molecule has 0 heterocycles. The second-order valence-electron chi connectivity index (χ2n) is 7.24. The van der Waals surface area contributed by atoms with Crippen LogP contribution >= 0.6 is 0 Å². The number of rotatable bonds is 5. The van der Waals surface area contributed by atoms with Gasteiger partial charge in [0.1, 0.15) is 5.78 Å². The molecule has 0 aromatic carbocycles. The summed E-state index contributed by atoms with van der Waals surface area (Å²) in [6.45, 7) is 6.25. The summed E-state index contributed by atoms with van der Waals surface area (Å²) in [4.78, 5) is 22.9. The normalized spacial score (nSPS) is 49.2. The quantitative estimate of drug-likeness (QED) is 0.816. The molecule has 4 aliphatic rings. The van der Waals surface area contributed by atoms with Gasteiger partial charge in [-0.05, 0) is 41.4 Å². The number of aliphatic carboxylic acids is 1. The third-order valence-corrected chi connectivity index (χ3v) is 6.65. The lowest BCUT2D eigenvalue weighted by atomic mass is 9.70. The molecule has 4 aliphatic carbocycles. The Hall–Kier alpha value is -0.860. The van der Waals surface area contributed by atoms with Crippen LogP contribution in [-0.4, -0.2) is 16.9 Å². The van der Waals surface area contributed by atoms with Crippen molar-refractivity contribution in [3.63, 3.8) is 0 Å². The van der Waals surface area contributed by atoms with E-state index in [4.69, 9.17) is 5.11 Å². The zero-order chi connectivity index (χ0) is 13.3. The van der Waals surface area contributed by atoms with Gasteiger partial charge in [0.2, 0.25) is 0 Å². The van der Waals surface area contributed by atoms with Crippen molar-refractivity contribution < 1.29 is 14.7 Å². The number of carboxylic acids is 1. The molecule has 0 radical (unpaired) electrons. The van der Waals surface area contributed by atoms with E-state index in [9.17, 15) is 9.59 Å². The maximum absolute atomic E-state index is 12.1. The van der Waals surface area contributed by atoms with Crippen LogP contribution in [0.5, 0.6) is 0 Å². The number of carbonyl (C=O) groups excluding carboxylic acids is 1. The highest BCUT2D eigenvalue weighted by molar-refractivity contribution is 5.84. The maximum atomic E-state index is 12.1. The number of ketones is 1. The van der Waals surface area contributed by atoms with Crippen LogP contribution in [0.15, 0.2) is 0 Å². The van der Waals surface area contributed by atoms with Crippen LogP contribution in [0.25, 0.3) is 0 Å². The van der Waals surface area contributed by atoms with Crippen molar-refractivity contribution in [2.75, 3.05) is 0 Å². The molecule has 0 saturated heterocycles. The van der Waals surface area contributed by atoms with Gasteiger partial charge in [-0.3, -0.25) is 9.59 Å². The summed E-state index contributed by atoms with van der Waals surface area (Å²) < 4.78 is 0. The molecule has 2 unspecified atom stereocenters. The first-order chi connectivity index (χ1) is 8.30. The molecule has 18 heavy (non-hydrogen) atoms. The summed E-state index contributed by atoms with van der Waals surface area (Å²) in [6.07, 6.45) is 3.40. The summed E-state index contributed by atoms with van der Waals surface area (Å²) in [7, 11) is 0. The molecule has 100 valence electrons. The predicted molar refractivity (Wildman–Crippen MR) is 67.0 cm³/mol. The molecule has 6 atom stereocenters. The van der Waals surface area contributed by atoms with Crippen molar-refractivity contribution in [3.8, 4) is 0 Å². The second-order valence-corrected chi connectivity index (χ2v) is 7.24. The van der Waals surface area contributed by atoms with Crippen LogP contribution in [-0.2, 0) is 9.59 Å². The average Bonchev–Trinajstić information content (AvgIpc) is 2.64. The summed E-state index contributed by atoms with van der Waals surface area (Å²) in [5, 5.41) is 8.87. The van der Waals surface area contributed by atoms with Crippen molar-refractivity contribution in [1.82, 2.24) is 0 Å². The Bertz CT molecular complexity index is 415. The average molecular weight is 250 g/mol. The van der Waals surface area contributed by atoms with E-state index in [1.807, 2.05) is 0 Å². The molecule has 1 N–H and O–H groups in total. The molecule has 0 aromatic rings. The van der Waals surface area contributed by atoms with Gasteiger partial charge in [-0.15, -0.1) is 0 Å². The van der Waals surface area contributed by atoms with Gasteiger partial charge in [-0.2, -0.15) is 0 Å². The van der Waals surface area contributed by atoms with Gasteiger partial charge in [-0.1, -0.05) is 20.8 Å². The van der Waals surface area contributed by atoms with Crippen LogP contribution in [0.3, 0.4) is 0 Å². The van der Waals surface area contributed by atoms with Gasteiger partial charge in [0.15, 0.2) is 0 Å². The first-order valence-corrected chi connectivity index (χ1v) is 7.05. The van der Waals surface area contributed by atoms with Gasteiger partial charge < -0.3 is 5.11 Å². The van der Waals surface area contributed by atoms with E-state index in [-0.39, 0.29) is 17.6 Å². The molecule has 3 heteroatoms. The van der Waals surface area contributed by atoms with Crippen LogP contribution < -0.4 is 0 Å². The molecule has 4 rings (SSSR count). The lowest BCUT2D eigenvalue weighted by Gasteiger charge is -2.33. The molecule has 3 nitrogen and oxygen atoms in total. The number of hydrogen-bond donors (Lipinski definition) is 1. The van der Waals surface area contributed by atoms with Gasteiger partial charge in [-0.25, -0.2) is 0 Å². The fourth-order valence-corrected chi connectivity index (χ4v) is 5.28. The number of Topliss-reactive ketones (excluding diaryl/α,β-unsaturated/α-hetero) is 1. The highest BCUT2D eigenvalue weighted by atomic mass is 16.4. The zero-order valence-corrected chi connectivity index (χ0v) is 11.4. The smallest absolute Gasteiger partial charge is 0.306 e. The molecule has 4 fully saturated rings. The third kappa shape index (κ3) is 1.25. The molecular weight excluding hydrogens is 228 g/mol. The van der Waals surface area contributed by atoms with E-state index in [0.29, 0.717) is 17.8 Å². The molecular formula is C15H22O3. The first-order valence-electron chi connectivity index (χ1n) is 7.05. The van der Waals surface area contributed by atoms with Crippen LogP contribution in [0, 0.1) is 34.5 Å². The van der Waals surface area contributed by atoms with E-state index in [1.54, 1.807) is 6.92 Å². The second kappa shape index (κ2) is 3.37. The number of hydrogen-bond acceptors (Lipinski definition) is 2. The fourth-order valence-electron chi connectivity index (χ4n) is 5.28. The summed E-state index contributed by atoms with van der Waals surface area (Å²) >= 11 is 0. The summed E-state index contributed by atoms with van der Waals surface area (Å²) in [5.74, 6) is 1.17. The first kappa shape index (κ1) is 12.2. The summed E-state index contributed by atoms with van der Waals surface area (Å²) in [5.41, 5.74) is 0.539. The predicted octanol–water partition coefficient (Wildman–Crippen LogP) is 2.74. The van der Waals surface area contributed by atoms with Crippen molar-refractivity contribution >= 4 is 11.8 Å². The molecule has 0 spiro atoms. The Morgan fingerprint density at radius 3 is 2.22 bits per heavy atom. The molecule has 0 aromatic heterocycles. The van der Waals surface area contributed by atoms with E-state index in [0.717, 1.165) is 11.8 Å². The minimum Gasteiger partial charge on any atom is -0.481 e. The largest absolute Gasteiger partial charge is 0.481 e. The third-order valence-electron chi connectivity index (χ3n) is 6.65. The Kier molecular flexibility index (Phi) is 2.28. The Balaban J connectivity index is 1.67. The molecule has 4 saturated carbocycles. The van der Waals surface area contributed by atoms with Gasteiger partial charge in [0.05, 0.1) is 5.92 Å². The van der Waals surface area contributed by atoms with E-state index < -0.39 is 11.9 Å². The topological polar surface area (TPSA) is 54.4 Å². The lowest BCUT2D eigenvalue weighted by molar-refractivity contribution is -0.143. The van der Waals surface area contributed by atoms with Gasteiger partial charge in [0, 0.05) is 12.8 Å². The van der Waals surface area contributed by atoms with Crippen molar-refractivity contribution in [2.45, 2.75) is 46.5 Å². The molecule has 0 amide bonds. The zero-order valence-electron chi connectivity index (χ0n) is 11.4. The van der Waals surface area contributed by atoms with E-state index in [1.165, 1.54) is 12.8 Å². The standard InChI is InChI=1S/C15H22O3/c1-8(13(17)18)4-10(16)7-14(2)9-5-11-12(6-9)15(11,14)3/h8-9,11-12H,4-7H2,1-3H3,(H,17,18)/t8-,9?,11-,12+,14+,15?/m0/s1. The Morgan fingerprint density at radius 2 is 1.83 bits per heavy atom. The van der Waals surface area contributed by atoms with Crippen molar-refractivity contribution in [1.29, 1.82) is 0 Å². The van der Waals surface area contributed by atoms with E-state index >= 15 is 0 Å². The minimum atomic E-state index is -0.861. The Morgan fingerprint density at radius 1 is 1.28 bits per heavy atom. The highest BCUT2D eigenvalue weighted by Gasteiger charge is 2.81. The Labute approximate surface area is 108 Å². The van der Waals surface area contributed by atoms with Gasteiger partial charge >= 0.3 is 5.97 Å². The summed E-state index contributed by atoms with van der Waals surface area (Å²) in [6, 6.07) is 0. The van der Waals surface area contributed by atoms with E-state index in [2.05, 4.69) is 13.8 Å². The molecule has 4 bridgehead atoms. The number of carbonyl (C=O) groups is 2. The van der Waals surface area contributed by atoms with Crippen LogP contribution in [0.4, 0.5) is 0 Å². The SMILES string of the molecule is C[C@@H](CC(=O)C[C@]1(C)C2C[C@@H]3[C@H](C2)C31C)C(=O)O. The monoisotopic (exact) mass is 250 g/mol. The lowest BCUT2D eigenvalue weighted by Crippen LogP contribution is -2.31. The minimum absolute atomic E-state index is 0.145. The van der Waals surface area contributed by atoms with Crippen LogP contribution in [0.1, 0.15) is 46.5 Å². The van der Waals surface area contributed by atoms with Crippen molar-refractivity contribution in [3.05, 3.63) is 0 Å². The fraction of sp³-hybridized carbons (Fsp3) is 0.867. The van der Waals surface area contributed by atoms with Crippen LogP contribution in [0.2, 0.25) is 0 Å². The van der Waals surface area contributed by atoms with Crippen molar-refractivity contribution in [2.24, 2.45) is 34.5 Å². The highest BCUT2D eigenvalue weighted by Crippen LogP contribution is 2.86. The number of carboxylic acid groups (broad SMARTS) is 1. The van der Waals surface area contributed by atoms with Gasteiger partial charge in [0.25, 0.3) is 0 Å². The molecule has 0 aliphatic heterocycles.